The smallest absolute Gasteiger partial charge is 0.186 e. The average molecular weight is 230 g/mol. The van der Waals surface area contributed by atoms with E-state index in [0.29, 0.717) is 5.56 Å². The Morgan fingerprint density at radius 1 is 1.25 bits per heavy atom. The van der Waals surface area contributed by atoms with Gasteiger partial charge in [0.1, 0.15) is 5.75 Å². The van der Waals surface area contributed by atoms with Gasteiger partial charge in [-0.3, -0.25) is 4.79 Å². The molecule has 0 radical (unpaired) electrons. The number of rotatable bonds is 3. The lowest BCUT2D eigenvalue weighted by Crippen LogP contribution is -1.92. The Labute approximate surface area is 97.5 Å². The van der Waals surface area contributed by atoms with Gasteiger partial charge in [-0.15, -0.1) is 11.3 Å². The maximum atomic E-state index is 11.7. The standard InChI is InChI=1S/C13H10O2S/c14-11-4-1-3-10(9-11)13(15)7-6-12-5-2-8-16-12/h1-9,14H/b7-6+. The van der Waals surface area contributed by atoms with Gasteiger partial charge < -0.3 is 5.11 Å². The molecule has 1 heterocycles. The van der Waals surface area contributed by atoms with E-state index in [0.717, 1.165) is 4.88 Å². The van der Waals surface area contributed by atoms with E-state index in [1.807, 2.05) is 17.5 Å². The third kappa shape index (κ3) is 2.58. The average Bonchev–Trinajstić information content (AvgIpc) is 2.78. The molecule has 0 amide bonds. The number of thiophene rings is 1. The highest BCUT2D eigenvalue weighted by atomic mass is 32.1. The van der Waals surface area contributed by atoms with E-state index in [2.05, 4.69) is 0 Å². The monoisotopic (exact) mass is 230 g/mol. The van der Waals surface area contributed by atoms with Crippen molar-refractivity contribution in [2.75, 3.05) is 0 Å². The molecule has 0 saturated carbocycles. The van der Waals surface area contributed by atoms with Crippen LogP contribution in [0.3, 0.4) is 0 Å². The summed E-state index contributed by atoms with van der Waals surface area (Å²) in [5.41, 5.74) is 0.493. The molecule has 2 rings (SSSR count). The van der Waals surface area contributed by atoms with Crippen LogP contribution in [0.2, 0.25) is 0 Å². The highest BCUT2D eigenvalue weighted by molar-refractivity contribution is 7.10. The molecule has 2 nitrogen and oxygen atoms in total. The summed E-state index contributed by atoms with van der Waals surface area (Å²) in [5, 5.41) is 11.2. The highest BCUT2D eigenvalue weighted by Gasteiger charge is 2.01. The maximum absolute atomic E-state index is 11.7. The number of carbonyl (C=O) groups is 1. The van der Waals surface area contributed by atoms with Crippen molar-refractivity contribution in [1.82, 2.24) is 0 Å². The lowest BCUT2D eigenvalue weighted by atomic mass is 10.1. The van der Waals surface area contributed by atoms with Gasteiger partial charge in [-0.25, -0.2) is 0 Å². The number of phenols is 1. The van der Waals surface area contributed by atoms with Crippen LogP contribution in [0, 0.1) is 0 Å². The minimum absolute atomic E-state index is 0.107. The zero-order chi connectivity index (χ0) is 11.4. The normalized spacial score (nSPS) is 10.8. The van der Waals surface area contributed by atoms with Gasteiger partial charge in [0.2, 0.25) is 0 Å². The number of aromatic hydroxyl groups is 1. The van der Waals surface area contributed by atoms with Crippen LogP contribution in [-0.4, -0.2) is 10.9 Å². The second-order valence-electron chi connectivity index (χ2n) is 3.26. The number of hydrogen-bond donors (Lipinski definition) is 1. The fourth-order valence-electron chi connectivity index (χ4n) is 1.30. The zero-order valence-electron chi connectivity index (χ0n) is 8.46. The van der Waals surface area contributed by atoms with Gasteiger partial charge in [-0.2, -0.15) is 0 Å². The van der Waals surface area contributed by atoms with E-state index in [1.54, 1.807) is 35.6 Å². The van der Waals surface area contributed by atoms with Crippen molar-refractivity contribution in [2.24, 2.45) is 0 Å². The predicted octanol–water partition coefficient (Wildman–Crippen LogP) is 3.35. The molecule has 0 aliphatic heterocycles. The quantitative estimate of drug-likeness (QED) is 0.648. The van der Waals surface area contributed by atoms with Crippen LogP contribution in [0.5, 0.6) is 5.75 Å². The van der Waals surface area contributed by atoms with Gasteiger partial charge in [0, 0.05) is 10.4 Å². The van der Waals surface area contributed by atoms with Crippen molar-refractivity contribution in [3.05, 3.63) is 58.3 Å². The lowest BCUT2D eigenvalue weighted by molar-refractivity contribution is 0.104. The van der Waals surface area contributed by atoms with Crippen molar-refractivity contribution >= 4 is 23.2 Å². The molecule has 0 aliphatic rings. The molecule has 0 bridgehead atoms. The van der Waals surface area contributed by atoms with Crippen molar-refractivity contribution in [3.8, 4) is 5.75 Å². The Bertz CT molecular complexity index is 512. The number of allylic oxidation sites excluding steroid dienone is 1. The molecule has 16 heavy (non-hydrogen) atoms. The zero-order valence-corrected chi connectivity index (χ0v) is 9.28. The first-order valence-corrected chi connectivity index (χ1v) is 5.68. The summed E-state index contributed by atoms with van der Waals surface area (Å²) in [6.07, 6.45) is 3.29. The van der Waals surface area contributed by atoms with Crippen LogP contribution in [0.4, 0.5) is 0 Å². The topological polar surface area (TPSA) is 37.3 Å². The summed E-state index contributed by atoms with van der Waals surface area (Å²) >= 11 is 1.57. The minimum atomic E-state index is -0.107. The molecule has 2 aromatic rings. The third-order valence-electron chi connectivity index (χ3n) is 2.07. The molecule has 0 saturated heterocycles. The molecule has 0 unspecified atom stereocenters. The van der Waals surface area contributed by atoms with Crippen molar-refractivity contribution in [3.63, 3.8) is 0 Å². The van der Waals surface area contributed by atoms with Crippen LogP contribution >= 0.6 is 11.3 Å². The molecule has 0 spiro atoms. The number of hydrogen-bond acceptors (Lipinski definition) is 3. The molecule has 1 aromatic carbocycles. The molecule has 3 heteroatoms. The Morgan fingerprint density at radius 2 is 2.12 bits per heavy atom. The second kappa shape index (κ2) is 4.77. The van der Waals surface area contributed by atoms with Crippen molar-refractivity contribution in [2.45, 2.75) is 0 Å². The van der Waals surface area contributed by atoms with Crippen LogP contribution in [0.25, 0.3) is 6.08 Å². The molecular formula is C13H10O2S. The van der Waals surface area contributed by atoms with Gasteiger partial charge in [-0.05, 0) is 35.7 Å². The first kappa shape index (κ1) is 10.6. The highest BCUT2D eigenvalue weighted by Crippen LogP contribution is 2.14. The first-order valence-electron chi connectivity index (χ1n) is 4.80. The van der Waals surface area contributed by atoms with Crippen LogP contribution in [-0.2, 0) is 0 Å². The van der Waals surface area contributed by atoms with E-state index >= 15 is 0 Å². The molecule has 1 N–H and O–H groups in total. The fraction of sp³-hybridized carbons (Fsp3) is 0. The number of phenolic OH excluding ortho intramolecular Hbond substituents is 1. The third-order valence-corrected chi connectivity index (χ3v) is 2.91. The van der Waals surface area contributed by atoms with Gasteiger partial charge in [-0.1, -0.05) is 18.2 Å². The minimum Gasteiger partial charge on any atom is -0.508 e. The van der Waals surface area contributed by atoms with E-state index in [9.17, 15) is 9.90 Å². The number of benzene rings is 1. The molecule has 0 aliphatic carbocycles. The number of carbonyl (C=O) groups excluding carboxylic acids is 1. The van der Waals surface area contributed by atoms with E-state index in [1.165, 1.54) is 12.1 Å². The summed E-state index contributed by atoms with van der Waals surface area (Å²) in [6.45, 7) is 0. The molecule has 0 atom stereocenters. The van der Waals surface area contributed by atoms with Gasteiger partial charge >= 0.3 is 0 Å². The van der Waals surface area contributed by atoms with E-state index < -0.39 is 0 Å². The van der Waals surface area contributed by atoms with E-state index in [4.69, 9.17) is 0 Å². The summed E-state index contributed by atoms with van der Waals surface area (Å²) in [7, 11) is 0. The Hall–Kier alpha value is -1.87. The van der Waals surface area contributed by atoms with Crippen LogP contribution < -0.4 is 0 Å². The molecule has 1 aromatic heterocycles. The Balaban J connectivity index is 2.15. The fourth-order valence-corrected chi connectivity index (χ4v) is 1.92. The SMILES string of the molecule is O=C(/C=C/c1cccs1)c1cccc(O)c1. The van der Waals surface area contributed by atoms with Gasteiger partial charge in [0.05, 0.1) is 0 Å². The lowest BCUT2D eigenvalue weighted by Gasteiger charge is -1.96. The number of ketones is 1. The first-order chi connectivity index (χ1) is 7.75. The largest absolute Gasteiger partial charge is 0.508 e. The van der Waals surface area contributed by atoms with Gasteiger partial charge in [0.25, 0.3) is 0 Å². The summed E-state index contributed by atoms with van der Waals surface area (Å²) in [5.74, 6) is -0.000302. The van der Waals surface area contributed by atoms with Crippen molar-refractivity contribution < 1.29 is 9.90 Å². The van der Waals surface area contributed by atoms with Crippen LogP contribution in [0.1, 0.15) is 15.2 Å². The van der Waals surface area contributed by atoms with Crippen molar-refractivity contribution in [1.29, 1.82) is 0 Å². The summed E-state index contributed by atoms with van der Waals surface area (Å²) in [4.78, 5) is 12.7. The van der Waals surface area contributed by atoms with Gasteiger partial charge in [0.15, 0.2) is 5.78 Å². The Morgan fingerprint density at radius 3 is 2.81 bits per heavy atom. The summed E-state index contributed by atoms with van der Waals surface area (Å²) in [6, 6.07) is 10.2. The predicted molar refractivity (Wildman–Crippen MR) is 65.8 cm³/mol. The summed E-state index contributed by atoms with van der Waals surface area (Å²) < 4.78 is 0. The van der Waals surface area contributed by atoms with E-state index in [-0.39, 0.29) is 11.5 Å². The Kier molecular flexibility index (Phi) is 3.17. The molecule has 0 fully saturated rings. The molecule has 80 valence electrons. The maximum Gasteiger partial charge on any atom is 0.186 e. The van der Waals surface area contributed by atoms with Crippen LogP contribution in [0.15, 0.2) is 47.9 Å². The molecular weight excluding hydrogens is 220 g/mol. The second-order valence-corrected chi connectivity index (χ2v) is 4.24.